The Hall–Kier alpha value is -0.910. The van der Waals surface area contributed by atoms with E-state index < -0.39 is 29.8 Å². The first-order valence-electron chi connectivity index (χ1n) is 16.9. The second kappa shape index (κ2) is 15.4. The van der Waals surface area contributed by atoms with E-state index in [0.717, 1.165) is 58.5 Å². The monoisotopic (exact) mass is 601 g/mol. The highest BCUT2D eigenvalue weighted by molar-refractivity contribution is 5.80. The van der Waals surface area contributed by atoms with Crippen LogP contribution in [0.1, 0.15) is 99.3 Å². The van der Waals surface area contributed by atoms with Crippen molar-refractivity contribution < 1.29 is 23.8 Å². The molecule has 8 nitrogen and oxygen atoms in total. The molecule has 11 atom stereocenters. The molecule has 11 unspecified atom stereocenters. The van der Waals surface area contributed by atoms with Crippen molar-refractivity contribution in [2.75, 3.05) is 20.2 Å². The van der Waals surface area contributed by atoms with E-state index in [-0.39, 0.29) is 48.6 Å². The molecule has 10 heteroatoms. The van der Waals surface area contributed by atoms with Crippen LogP contribution in [0.25, 0.3) is 0 Å². The fourth-order valence-corrected chi connectivity index (χ4v) is 8.76. The molecule has 246 valence electrons. The van der Waals surface area contributed by atoms with Gasteiger partial charge >= 0.3 is 0 Å². The van der Waals surface area contributed by atoms with Gasteiger partial charge in [0.15, 0.2) is 0 Å². The molecule has 0 radical (unpaired) electrons. The van der Waals surface area contributed by atoms with Gasteiger partial charge in [0, 0.05) is 57.2 Å². The zero-order valence-corrected chi connectivity index (χ0v) is 27.2. The molecule has 0 spiro atoms. The molecule has 0 bridgehead atoms. The lowest BCUT2D eigenvalue weighted by atomic mass is 9.75. The average Bonchev–Trinajstić information content (AvgIpc) is 3.77. The van der Waals surface area contributed by atoms with E-state index in [1.807, 2.05) is 18.7 Å². The van der Waals surface area contributed by atoms with Crippen molar-refractivity contribution in [3.05, 3.63) is 0 Å². The Kier molecular flexibility index (Phi) is 13.0. The van der Waals surface area contributed by atoms with E-state index in [1.165, 1.54) is 19.3 Å². The number of nitrogens with zero attached hydrogens (tertiary/aromatic N) is 2. The Morgan fingerprint density at radius 2 is 1.69 bits per heavy atom. The molecule has 3 saturated heterocycles. The van der Waals surface area contributed by atoms with Crippen molar-refractivity contribution in [3.8, 4) is 0 Å². The Balaban J connectivity index is 0.00000116. The summed E-state index contributed by atoms with van der Waals surface area (Å²) in [6.07, 6.45) is 9.27. The van der Waals surface area contributed by atoms with Crippen molar-refractivity contribution in [3.63, 3.8) is 0 Å². The van der Waals surface area contributed by atoms with Crippen LogP contribution in [-0.4, -0.2) is 94.5 Å². The highest BCUT2D eigenvalue weighted by Crippen LogP contribution is 2.47. The molecule has 2 aliphatic carbocycles. The molecule has 3 aliphatic heterocycles. The van der Waals surface area contributed by atoms with E-state index in [1.54, 1.807) is 6.92 Å². The number of amides is 1. The molecular formula is C32H61F2N5O3. The first-order chi connectivity index (χ1) is 20.1. The molecular weight excluding hydrogens is 540 g/mol. The number of carbonyl (C=O) groups is 1. The standard InChI is InChI=1S/C29H51F2N5O2.C2H6.CH4O/c1-5-7-20-25-21(6-2)35(28(38)19-15-33-27(29(4,30)31)16(3)26(19)32)13-12-23(25)36(34-20)22-11-10-18(14-24(22)37)17-8-9-17;2*1-2/h16-27,33-34,37H,5-15,32H2,1-4H3;1-2H3;2H,1H3. The van der Waals surface area contributed by atoms with E-state index in [0.29, 0.717) is 12.5 Å². The van der Waals surface area contributed by atoms with Crippen LogP contribution >= 0.6 is 0 Å². The summed E-state index contributed by atoms with van der Waals surface area (Å²) < 4.78 is 28.3. The SMILES string of the molecule is CC.CCCC1NN(C2CCC(C3CC3)CC2O)C2CCN(C(=O)C3CNC(C(C)(F)F)C(C)C3N)C(CC)C12.CO. The minimum Gasteiger partial charge on any atom is -0.400 e. The highest BCUT2D eigenvalue weighted by Gasteiger charge is 2.55. The summed E-state index contributed by atoms with van der Waals surface area (Å²) in [6.45, 7) is 11.9. The fourth-order valence-electron chi connectivity index (χ4n) is 8.76. The number of hydrazine groups is 1. The molecule has 6 N–H and O–H groups in total. The van der Waals surface area contributed by atoms with E-state index in [9.17, 15) is 18.7 Å². The van der Waals surface area contributed by atoms with Crippen LogP contribution in [0.15, 0.2) is 0 Å². The first-order valence-corrected chi connectivity index (χ1v) is 16.9. The Bertz CT molecular complexity index is 843. The fraction of sp³-hybridized carbons (Fsp3) is 0.969. The number of nitrogens with two attached hydrogens (primary N) is 1. The van der Waals surface area contributed by atoms with Crippen LogP contribution < -0.4 is 16.5 Å². The van der Waals surface area contributed by atoms with Gasteiger partial charge in [-0.15, -0.1) is 0 Å². The molecule has 1 amide bonds. The van der Waals surface area contributed by atoms with Gasteiger partial charge in [0.2, 0.25) is 5.91 Å². The van der Waals surface area contributed by atoms with Crippen molar-refractivity contribution in [1.29, 1.82) is 0 Å². The van der Waals surface area contributed by atoms with Crippen LogP contribution in [0.2, 0.25) is 0 Å². The maximum absolute atomic E-state index is 14.1. The number of aliphatic hydroxyl groups is 2. The first kappa shape index (κ1) is 35.6. The Morgan fingerprint density at radius 1 is 1.05 bits per heavy atom. The molecule has 0 aromatic rings. The summed E-state index contributed by atoms with van der Waals surface area (Å²) in [5.74, 6) is -2.08. The molecule has 5 rings (SSSR count). The van der Waals surface area contributed by atoms with Crippen LogP contribution in [0, 0.1) is 29.6 Å². The lowest BCUT2D eigenvalue weighted by molar-refractivity contribution is -0.146. The number of alkyl halides is 2. The van der Waals surface area contributed by atoms with Gasteiger partial charge in [-0.05, 0) is 69.1 Å². The minimum atomic E-state index is -2.88. The quantitative estimate of drug-likeness (QED) is 0.302. The third kappa shape index (κ3) is 7.31. The predicted molar refractivity (Wildman–Crippen MR) is 164 cm³/mol. The number of hydrogen-bond donors (Lipinski definition) is 5. The average molecular weight is 602 g/mol. The van der Waals surface area contributed by atoms with Gasteiger partial charge in [0.25, 0.3) is 5.92 Å². The summed E-state index contributed by atoms with van der Waals surface area (Å²) in [5, 5.41) is 23.6. The Labute approximate surface area is 253 Å². The normalized spacial score (nSPS) is 40.8. The molecule has 0 aromatic carbocycles. The van der Waals surface area contributed by atoms with Crippen LogP contribution in [-0.2, 0) is 4.79 Å². The maximum Gasteiger partial charge on any atom is 0.260 e. The molecule has 2 saturated carbocycles. The molecule has 42 heavy (non-hydrogen) atoms. The number of halogens is 2. The Morgan fingerprint density at radius 3 is 2.24 bits per heavy atom. The third-order valence-electron chi connectivity index (χ3n) is 10.9. The highest BCUT2D eigenvalue weighted by atomic mass is 19.3. The number of aliphatic hydroxyl groups excluding tert-OH is 2. The summed E-state index contributed by atoms with van der Waals surface area (Å²) >= 11 is 0. The number of rotatable bonds is 7. The van der Waals surface area contributed by atoms with Crippen LogP contribution in [0.3, 0.4) is 0 Å². The van der Waals surface area contributed by atoms with Crippen molar-refractivity contribution >= 4 is 5.91 Å². The molecule has 3 heterocycles. The number of nitrogens with one attached hydrogen (secondary N) is 2. The third-order valence-corrected chi connectivity index (χ3v) is 10.9. The van der Waals surface area contributed by atoms with Gasteiger partial charge in [-0.3, -0.25) is 10.2 Å². The lowest BCUT2D eigenvalue weighted by Crippen LogP contribution is -2.66. The van der Waals surface area contributed by atoms with Crippen molar-refractivity contribution in [1.82, 2.24) is 20.7 Å². The van der Waals surface area contributed by atoms with E-state index in [2.05, 4.69) is 29.6 Å². The van der Waals surface area contributed by atoms with Gasteiger partial charge in [-0.2, -0.15) is 0 Å². The van der Waals surface area contributed by atoms with Gasteiger partial charge < -0.3 is 26.2 Å². The summed E-state index contributed by atoms with van der Waals surface area (Å²) in [4.78, 5) is 16.0. The van der Waals surface area contributed by atoms with Crippen molar-refractivity contribution in [2.45, 2.75) is 148 Å². The number of fused-ring (bicyclic) bond motifs is 1. The van der Waals surface area contributed by atoms with E-state index >= 15 is 0 Å². The number of piperidine rings is 2. The van der Waals surface area contributed by atoms with Gasteiger partial charge in [-0.25, -0.2) is 13.8 Å². The maximum atomic E-state index is 14.1. The number of likely N-dealkylation sites (tertiary alicyclic amines) is 1. The molecule has 5 fully saturated rings. The van der Waals surface area contributed by atoms with E-state index in [4.69, 9.17) is 10.8 Å². The number of carbonyl (C=O) groups excluding carboxylic acids is 1. The smallest absolute Gasteiger partial charge is 0.260 e. The van der Waals surface area contributed by atoms with Gasteiger partial charge in [0.05, 0.1) is 24.1 Å². The molecule has 5 aliphatic rings. The number of hydrogen-bond acceptors (Lipinski definition) is 7. The van der Waals surface area contributed by atoms with Crippen LogP contribution in [0.4, 0.5) is 8.78 Å². The van der Waals surface area contributed by atoms with Gasteiger partial charge in [0.1, 0.15) is 0 Å². The largest absolute Gasteiger partial charge is 0.400 e. The summed E-state index contributed by atoms with van der Waals surface area (Å²) in [7, 11) is 1.00. The summed E-state index contributed by atoms with van der Waals surface area (Å²) in [5.41, 5.74) is 10.3. The zero-order valence-electron chi connectivity index (χ0n) is 27.2. The second-order valence-electron chi connectivity index (χ2n) is 13.3. The lowest BCUT2D eigenvalue weighted by Gasteiger charge is -2.49. The van der Waals surface area contributed by atoms with Crippen molar-refractivity contribution in [2.24, 2.45) is 35.3 Å². The summed E-state index contributed by atoms with van der Waals surface area (Å²) in [6, 6.07) is -0.864. The molecule has 0 aromatic heterocycles. The predicted octanol–water partition coefficient (Wildman–Crippen LogP) is 3.75. The topological polar surface area (TPSA) is 114 Å². The minimum absolute atomic E-state index is 0.0127. The van der Waals surface area contributed by atoms with Crippen LogP contribution in [0.5, 0.6) is 0 Å². The zero-order chi connectivity index (χ0) is 31.4. The second-order valence-corrected chi connectivity index (χ2v) is 13.3. The van der Waals surface area contributed by atoms with Gasteiger partial charge in [-0.1, -0.05) is 41.0 Å².